The van der Waals surface area contributed by atoms with Crippen LogP contribution < -0.4 is 5.32 Å². The van der Waals surface area contributed by atoms with E-state index in [4.69, 9.17) is 16.3 Å². The van der Waals surface area contributed by atoms with Crippen LogP contribution in [0.5, 0.6) is 0 Å². The number of hydrogen-bond acceptors (Lipinski definition) is 4. The molecule has 2 aromatic carbocycles. The maximum absolute atomic E-state index is 12.7. The zero-order chi connectivity index (χ0) is 18.3. The van der Waals surface area contributed by atoms with Crippen molar-refractivity contribution in [2.45, 2.75) is 13.0 Å². The van der Waals surface area contributed by atoms with Crippen molar-refractivity contribution in [1.82, 2.24) is 9.55 Å². The van der Waals surface area contributed by atoms with Crippen molar-refractivity contribution in [1.29, 1.82) is 0 Å². The number of hydrogen-bond donors (Lipinski definition) is 1. The number of aromatic nitrogens is 2. The molecule has 1 amide bonds. The Morgan fingerprint density at radius 1 is 1.23 bits per heavy atom. The summed E-state index contributed by atoms with van der Waals surface area (Å²) in [5.74, 6) is -1.59. The Kier molecular flexibility index (Phi) is 4.12. The monoisotopic (exact) mass is 369 g/mol. The number of ether oxygens (including phenoxy) is 1. The third-order valence-corrected chi connectivity index (χ3v) is 4.71. The van der Waals surface area contributed by atoms with Gasteiger partial charge in [0.25, 0.3) is 0 Å². The number of nitrogens with zero attached hydrogens (tertiary/aromatic N) is 2. The summed E-state index contributed by atoms with van der Waals surface area (Å²) < 4.78 is 7.05. The van der Waals surface area contributed by atoms with Crippen LogP contribution in [0.25, 0.3) is 11.0 Å². The Balaban J connectivity index is 1.95. The van der Waals surface area contributed by atoms with Gasteiger partial charge in [0, 0.05) is 5.02 Å². The van der Waals surface area contributed by atoms with Gasteiger partial charge < -0.3 is 9.30 Å². The van der Waals surface area contributed by atoms with Gasteiger partial charge in [-0.05, 0) is 36.8 Å². The van der Waals surface area contributed by atoms with Crippen LogP contribution in [0, 0.1) is 5.92 Å². The molecule has 0 saturated carbocycles. The van der Waals surface area contributed by atoms with E-state index in [1.807, 2.05) is 41.0 Å². The van der Waals surface area contributed by atoms with Gasteiger partial charge in [0.1, 0.15) is 0 Å². The van der Waals surface area contributed by atoms with Gasteiger partial charge in [0.05, 0.1) is 23.7 Å². The van der Waals surface area contributed by atoms with Crippen LogP contribution in [-0.2, 0) is 14.3 Å². The van der Waals surface area contributed by atoms with E-state index < -0.39 is 23.8 Å². The van der Waals surface area contributed by atoms with E-state index in [1.54, 1.807) is 19.1 Å². The highest BCUT2D eigenvalue weighted by Crippen LogP contribution is 2.38. The second-order valence-corrected chi connectivity index (χ2v) is 6.45. The molecular weight excluding hydrogens is 354 g/mol. The maximum atomic E-state index is 12.7. The SMILES string of the molecule is CCOC(=O)[C@H]1C(=O)Nc2nc3ccccc3n2[C@H]1c1ccc(Cl)cc1. The summed E-state index contributed by atoms with van der Waals surface area (Å²) in [6.45, 7) is 1.92. The van der Waals surface area contributed by atoms with Crippen LogP contribution >= 0.6 is 11.6 Å². The van der Waals surface area contributed by atoms with Crippen LogP contribution in [0.4, 0.5) is 5.95 Å². The van der Waals surface area contributed by atoms with Crippen molar-refractivity contribution in [2.24, 2.45) is 5.92 Å². The molecule has 1 aliphatic heterocycles. The lowest BCUT2D eigenvalue weighted by molar-refractivity contribution is -0.152. The Morgan fingerprint density at radius 2 is 1.96 bits per heavy atom. The number of esters is 1. The highest BCUT2D eigenvalue weighted by atomic mass is 35.5. The van der Waals surface area contributed by atoms with Crippen LogP contribution in [-0.4, -0.2) is 28.0 Å². The smallest absolute Gasteiger partial charge is 0.321 e. The van der Waals surface area contributed by atoms with Gasteiger partial charge in [0.2, 0.25) is 11.9 Å². The standard InChI is InChI=1S/C19H16ClN3O3/c1-2-26-18(25)15-16(11-7-9-12(20)10-8-11)23-14-6-4-3-5-13(14)21-19(23)22-17(15)24/h3-10,15-16H,2H2,1H3,(H,21,22,24)/t15-,16+/m1/s1. The Bertz CT molecular complexity index is 997. The molecule has 7 heteroatoms. The van der Waals surface area contributed by atoms with E-state index in [1.165, 1.54) is 0 Å². The third kappa shape index (κ3) is 2.63. The summed E-state index contributed by atoms with van der Waals surface area (Å²) in [6.07, 6.45) is 0. The molecule has 0 aliphatic carbocycles. The van der Waals surface area contributed by atoms with E-state index in [0.29, 0.717) is 11.0 Å². The molecule has 0 radical (unpaired) electrons. The van der Waals surface area contributed by atoms with Gasteiger partial charge in [-0.2, -0.15) is 0 Å². The number of rotatable bonds is 3. The van der Waals surface area contributed by atoms with Gasteiger partial charge >= 0.3 is 5.97 Å². The number of anilines is 1. The van der Waals surface area contributed by atoms with E-state index in [-0.39, 0.29) is 6.61 Å². The second-order valence-electron chi connectivity index (χ2n) is 6.01. The molecule has 0 saturated heterocycles. The Hall–Kier alpha value is -2.86. The predicted molar refractivity (Wildman–Crippen MR) is 98.1 cm³/mol. The largest absolute Gasteiger partial charge is 0.465 e. The molecular formula is C19H16ClN3O3. The van der Waals surface area contributed by atoms with Crippen LogP contribution in [0.15, 0.2) is 48.5 Å². The zero-order valence-corrected chi connectivity index (χ0v) is 14.7. The number of para-hydroxylation sites is 2. The van der Waals surface area contributed by atoms with Crippen molar-refractivity contribution in [3.05, 3.63) is 59.1 Å². The van der Waals surface area contributed by atoms with Crippen molar-refractivity contribution in [3.8, 4) is 0 Å². The lowest BCUT2D eigenvalue weighted by atomic mass is 9.90. The molecule has 2 atom stereocenters. The summed E-state index contributed by atoms with van der Waals surface area (Å²) in [5.41, 5.74) is 2.36. The second kappa shape index (κ2) is 6.46. The first kappa shape index (κ1) is 16.6. The number of amides is 1. The van der Waals surface area contributed by atoms with Gasteiger partial charge in [0.15, 0.2) is 5.92 Å². The number of carbonyl (C=O) groups is 2. The average Bonchev–Trinajstić information content (AvgIpc) is 2.99. The van der Waals surface area contributed by atoms with Crippen LogP contribution in [0.2, 0.25) is 5.02 Å². The molecule has 1 aliphatic rings. The minimum absolute atomic E-state index is 0.202. The molecule has 132 valence electrons. The van der Waals surface area contributed by atoms with Crippen molar-refractivity contribution in [2.75, 3.05) is 11.9 Å². The Labute approximate surface area is 154 Å². The molecule has 0 bridgehead atoms. The zero-order valence-electron chi connectivity index (χ0n) is 14.0. The van der Waals surface area contributed by atoms with E-state index in [9.17, 15) is 9.59 Å². The molecule has 4 rings (SSSR count). The van der Waals surface area contributed by atoms with E-state index in [0.717, 1.165) is 16.6 Å². The number of benzene rings is 2. The molecule has 3 aromatic rings. The van der Waals surface area contributed by atoms with Gasteiger partial charge in [-0.1, -0.05) is 35.9 Å². The van der Waals surface area contributed by atoms with Crippen molar-refractivity contribution < 1.29 is 14.3 Å². The first-order chi connectivity index (χ1) is 12.6. The molecule has 0 fully saturated rings. The lowest BCUT2D eigenvalue weighted by Gasteiger charge is -2.32. The molecule has 6 nitrogen and oxygen atoms in total. The first-order valence-corrected chi connectivity index (χ1v) is 8.68. The van der Waals surface area contributed by atoms with E-state index in [2.05, 4.69) is 10.3 Å². The fraction of sp³-hybridized carbons (Fsp3) is 0.211. The number of fused-ring (bicyclic) bond motifs is 3. The van der Waals surface area contributed by atoms with Gasteiger partial charge in [-0.3, -0.25) is 14.9 Å². The number of imidazole rings is 1. The summed E-state index contributed by atoms with van der Waals surface area (Å²) in [6, 6.07) is 14.1. The lowest BCUT2D eigenvalue weighted by Crippen LogP contribution is -2.43. The molecule has 1 aromatic heterocycles. The highest BCUT2D eigenvalue weighted by molar-refractivity contribution is 6.30. The molecule has 26 heavy (non-hydrogen) atoms. The summed E-state index contributed by atoms with van der Waals surface area (Å²) in [4.78, 5) is 29.8. The first-order valence-electron chi connectivity index (χ1n) is 8.30. The van der Waals surface area contributed by atoms with E-state index >= 15 is 0 Å². The van der Waals surface area contributed by atoms with Crippen LogP contribution in [0.1, 0.15) is 18.5 Å². The minimum Gasteiger partial charge on any atom is -0.465 e. The predicted octanol–water partition coefficient (Wildman–Crippen LogP) is 3.41. The van der Waals surface area contributed by atoms with Crippen molar-refractivity contribution in [3.63, 3.8) is 0 Å². The fourth-order valence-electron chi connectivity index (χ4n) is 3.36. The number of halogens is 1. The molecule has 2 heterocycles. The Morgan fingerprint density at radius 3 is 2.69 bits per heavy atom. The quantitative estimate of drug-likeness (QED) is 0.567. The van der Waals surface area contributed by atoms with Gasteiger partial charge in [-0.15, -0.1) is 0 Å². The fourth-order valence-corrected chi connectivity index (χ4v) is 3.49. The maximum Gasteiger partial charge on any atom is 0.321 e. The number of nitrogens with one attached hydrogen (secondary N) is 1. The average molecular weight is 370 g/mol. The topological polar surface area (TPSA) is 73.2 Å². The highest BCUT2D eigenvalue weighted by Gasteiger charge is 2.44. The van der Waals surface area contributed by atoms with Gasteiger partial charge in [-0.25, -0.2) is 4.98 Å². The summed E-state index contributed by atoms with van der Waals surface area (Å²) in [5, 5.41) is 3.32. The molecule has 0 unspecified atom stereocenters. The molecule has 1 N–H and O–H groups in total. The van der Waals surface area contributed by atoms with Crippen LogP contribution in [0.3, 0.4) is 0 Å². The third-order valence-electron chi connectivity index (χ3n) is 4.46. The molecule has 0 spiro atoms. The minimum atomic E-state index is -1.01. The summed E-state index contributed by atoms with van der Waals surface area (Å²) >= 11 is 6.01. The summed E-state index contributed by atoms with van der Waals surface area (Å²) in [7, 11) is 0. The van der Waals surface area contributed by atoms with Crippen molar-refractivity contribution >= 4 is 40.5 Å². The normalized spacial score (nSPS) is 19.1. The number of carbonyl (C=O) groups excluding carboxylic acids is 2.